The Morgan fingerprint density at radius 2 is 1.26 bits per heavy atom. The largest absolute Gasteiger partial charge is 0.497 e. The van der Waals surface area contributed by atoms with Crippen molar-refractivity contribution in [3.8, 4) is 45.3 Å². The molecule has 0 saturated heterocycles. The lowest BCUT2D eigenvalue weighted by Gasteiger charge is -2.17. The lowest BCUT2D eigenvalue weighted by Crippen LogP contribution is -2.11. The van der Waals surface area contributed by atoms with Crippen molar-refractivity contribution in [1.29, 1.82) is 0 Å². The van der Waals surface area contributed by atoms with Gasteiger partial charge in [0.05, 0.1) is 12.7 Å². The number of alkyl halides is 3. The van der Waals surface area contributed by atoms with Gasteiger partial charge < -0.3 is 18.9 Å². The summed E-state index contributed by atoms with van der Waals surface area (Å²) in [5.74, 6) is -1.54. The van der Waals surface area contributed by atoms with E-state index >= 15 is 0 Å². The Morgan fingerprint density at radius 1 is 0.744 bits per heavy atom. The van der Waals surface area contributed by atoms with Gasteiger partial charge in [0.15, 0.2) is 0 Å². The molecule has 3 aromatic rings. The van der Waals surface area contributed by atoms with Gasteiger partial charge in [-0.15, -0.1) is 0 Å². The van der Waals surface area contributed by atoms with Crippen LogP contribution in [0.4, 0.5) is 13.2 Å². The predicted octanol–water partition coefficient (Wildman–Crippen LogP) is 6.55. The molecule has 0 aliphatic rings. The smallest absolute Gasteiger partial charge is 0.417 e. The van der Waals surface area contributed by atoms with E-state index in [9.17, 15) is 27.6 Å². The molecule has 7 nitrogen and oxygen atoms in total. The number of hydrogen-bond donors (Lipinski definition) is 0. The number of halogens is 3. The highest BCUT2D eigenvalue weighted by Crippen LogP contribution is 2.42. The Bertz CT molecular complexity index is 1430. The number of rotatable bonds is 9. The number of carbonyl (C=O) groups is 3. The second-order valence-electron chi connectivity index (χ2n) is 8.40. The first-order valence-corrected chi connectivity index (χ1v) is 11.2. The number of benzene rings is 3. The molecule has 0 bridgehead atoms. The van der Waals surface area contributed by atoms with Crippen molar-refractivity contribution in [1.82, 2.24) is 0 Å². The number of ether oxygens (including phenoxy) is 4. The first kappa shape index (κ1) is 28.7. The molecule has 0 radical (unpaired) electrons. The molecule has 0 aliphatic heterocycles. The summed E-state index contributed by atoms with van der Waals surface area (Å²) in [6, 6.07) is 11.4. The summed E-state index contributed by atoms with van der Waals surface area (Å²) in [4.78, 5) is 35.0. The highest BCUT2D eigenvalue weighted by molar-refractivity contribution is 5.90. The van der Waals surface area contributed by atoms with Crippen molar-refractivity contribution < 1.29 is 46.5 Å². The van der Waals surface area contributed by atoms with Crippen molar-refractivity contribution in [2.75, 3.05) is 7.11 Å². The Labute approximate surface area is 222 Å². The number of methoxy groups -OCH3 is 1. The van der Waals surface area contributed by atoms with Crippen LogP contribution in [0.1, 0.15) is 19.4 Å². The van der Waals surface area contributed by atoms with Gasteiger partial charge in [-0.2, -0.15) is 13.2 Å². The van der Waals surface area contributed by atoms with Crippen LogP contribution in [0.25, 0.3) is 22.3 Å². The Kier molecular flexibility index (Phi) is 8.60. The van der Waals surface area contributed by atoms with Gasteiger partial charge in [0, 0.05) is 23.3 Å². The first-order chi connectivity index (χ1) is 18.3. The molecule has 0 aromatic heterocycles. The molecule has 0 atom stereocenters. The summed E-state index contributed by atoms with van der Waals surface area (Å²) in [5, 5.41) is 0. The Balaban J connectivity index is 2.19. The van der Waals surface area contributed by atoms with Crippen molar-refractivity contribution >= 4 is 18.4 Å². The van der Waals surface area contributed by atoms with E-state index in [-0.39, 0.29) is 62.9 Å². The van der Waals surface area contributed by atoms with E-state index in [2.05, 4.69) is 13.2 Å². The van der Waals surface area contributed by atoms with Crippen LogP contribution in [0.15, 0.2) is 78.9 Å². The lowest BCUT2D eigenvalue weighted by atomic mass is 9.94. The van der Waals surface area contributed by atoms with E-state index in [1.807, 2.05) is 0 Å². The molecule has 0 aliphatic carbocycles. The quantitative estimate of drug-likeness (QED) is 0.132. The zero-order chi connectivity index (χ0) is 28.9. The molecule has 3 rings (SSSR count). The standard InChI is InChI=1S/C29H23F3O7/c1-16(2)27(34)38-23-8-19(9-24(14-23)39-28(35)17(3)4)18-6-7-25(26(12-18)29(30,31)32)20-10-21(36-5)13-22(11-20)37-15-33/h6-15H,1,3H2,2,4-5H3. The van der Waals surface area contributed by atoms with Crippen LogP contribution >= 0.6 is 0 Å². The van der Waals surface area contributed by atoms with E-state index in [1.165, 1.54) is 69.5 Å². The van der Waals surface area contributed by atoms with Gasteiger partial charge in [0.2, 0.25) is 0 Å². The Morgan fingerprint density at radius 3 is 1.74 bits per heavy atom. The molecule has 202 valence electrons. The zero-order valence-corrected chi connectivity index (χ0v) is 21.2. The second-order valence-corrected chi connectivity index (χ2v) is 8.40. The maximum atomic E-state index is 14.3. The van der Waals surface area contributed by atoms with Crippen LogP contribution in [0.5, 0.6) is 23.0 Å². The molecule has 0 heterocycles. The summed E-state index contributed by atoms with van der Waals surface area (Å²) in [7, 11) is 1.32. The average molecular weight is 540 g/mol. The molecule has 0 spiro atoms. The summed E-state index contributed by atoms with van der Waals surface area (Å²) < 4.78 is 63.2. The maximum Gasteiger partial charge on any atom is 0.417 e. The van der Waals surface area contributed by atoms with Crippen LogP contribution in [-0.4, -0.2) is 25.5 Å². The van der Waals surface area contributed by atoms with Crippen LogP contribution < -0.4 is 18.9 Å². The summed E-state index contributed by atoms with van der Waals surface area (Å²) in [6.07, 6.45) is -4.79. The first-order valence-electron chi connectivity index (χ1n) is 11.2. The van der Waals surface area contributed by atoms with Gasteiger partial charge in [-0.05, 0) is 66.4 Å². The summed E-state index contributed by atoms with van der Waals surface area (Å²) in [6.45, 7) is 10.00. The van der Waals surface area contributed by atoms with E-state index in [1.54, 1.807) is 0 Å². The predicted molar refractivity (Wildman–Crippen MR) is 136 cm³/mol. The molecule has 3 aromatic carbocycles. The third kappa shape index (κ3) is 7.13. The highest BCUT2D eigenvalue weighted by atomic mass is 19.4. The average Bonchev–Trinajstić information content (AvgIpc) is 2.87. The van der Waals surface area contributed by atoms with E-state index in [0.717, 1.165) is 6.07 Å². The molecule has 0 unspecified atom stereocenters. The van der Waals surface area contributed by atoms with Gasteiger partial charge in [-0.1, -0.05) is 25.3 Å². The van der Waals surface area contributed by atoms with Gasteiger partial charge in [0.25, 0.3) is 6.47 Å². The van der Waals surface area contributed by atoms with E-state index in [0.29, 0.717) is 0 Å². The number of hydrogen-bond acceptors (Lipinski definition) is 7. The molecular weight excluding hydrogens is 517 g/mol. The minimum absolute atomic E-state index is 0.00690. The van der Waals surface area contributed by atoms with Gasteiger partial charge in [0.1, 0.15) is 23.0 Å². The van der Waals surface area contributed by atoms with Crippen LogP contribution in [0, 0.1) is 0 Å². The van der Waals surface area contributed by atoms with Crippen molar-refractivity contribution in [3.63, 3.8) is 0 Å². The van der Waals surface area contributed by atoms with Crippen molar-refractivity contribution in [2.45, 2.75) is 20.0 Å². The minimum atomic E-state index is -4.79. The fourth-order valence-electron chi connectivity index (χ4n) is 3.42. The Hall–Kier alpha value is -4.86. The summed E-state index contributed by atoms with van der Waals surface area (Å²) in [5.41, 5.74) is -0.708. The lowest BCUT2D eigenvalue weighted by molar-refractivity contribution is -0.137. The maximum absolute atomic E-state index is 14.3. The SMILES string of the molecule is C=C(C)C(=O)Oc1cc(OC(=O)C(=C)C)cc(-c2ccc(-c3cc(OC)cc(OC=O)c3)c(C(F)(F)F)c2)c1. The molecule has 0 saturated carbocycles. The van der Waals surface area contributed by atoms with Crippen LogP contribution in [0.2, 0.25) is 0 Å². The van der Waals surface area contributed by atoms with E-state index < -0.39 is 23.7 Å². The number of carbonyl (C=O) groups excluding carboxylic acids is 3. The van der Waals surface area contributed by atoms with Gasteiger partial charge in [-0.3, -0.25) is 4.79 Å². The fraction of sp³-hybridized carbons (Fsp3) is 0.138. The summed E-state index contributed by atoms with van der Waals surface area (Å²) >= 11 is 0. The molecule has 0 fully saturated rings. The monoisotopic (exact) mass is 540 g/mol. The third-order valence-corrected chi connectivity index (χ3v) is 5.27. The van der Waals surface area contributed by atoms with Crippen molar-refractivity contribution in [2.24, 2.45) is 0 Å². The van der Waals surface area contributed by atoms with Crippen molar-refractivity contribution in [3.05, 3.63) is 84.5 Å². The number of esters is 2. The molecule has 39 heavy (non-hydrogen) atoms. The molecule has 0 N–H and O–H groups in total. The highest BCUT2D eigenvalue weighted by Gasteiger charge is 2.34. The molecular formula is C29H23F3O7. The van der Waals surface area contributed by atoms with Gasteiger partial charge >= 0.3 is 18.1 Å². The zero-order valence-electron chi connectivity index (χ0n) is 21.2. The normalized spacial score (nSPS) is 10.8. The molecule has 10 heteroatoms. The topological polar surface area (TPSA) is 88.1 Å². The van der Waals surface area contributed by atoms with Crippen LogP contribution in [-0.2, 0) is 20.6 Å². The van der Waals surface area contributed by atoms with Crippen LogP contribution in [0.3, 0.4) is 0 Å². The van der Waals surface area contributed by atoms with E-state index in [4.69, 9.17) is 18.9 Å². The fourth-order valence-corrected chi connectivity index (χ4v) is 3.42. The third-order valence-electron chi connectivity index (χ3n) is 5.27. The van der Waals surface area contributed by atoms with Gasteiger partial charge in [-0.25, -0.2) is 9.59 Å². The molecule has 0 amide bonds. The second kappa shape index (κ2) is 11.7. The minimum Gasteiger partial charge on any atom is -0.497 e.